The lowest BCUT2D eigenvalue weighted by atomic mass is 9.76. The Labute approximate surface area is 230 Å². The van der Waals surface area contributed by atoms with Crippen LogP contribution in [0.15, 0.2) is 138 Å². The molecule has 184 valence electrons. The molecule has 0 unspecified atom stereocenters. The number of aromatic nitrogens is 4. The van der Waals surface area contributed by atoms with Gasteiger partial charge in [-0.1, -0.05) is 143 Å². The highest BCUT2D eigenvalue weighted by molar-refractivity contribution is 9.10. The van der Waals surface area contributed by atoms with Crippen molar-refractivity contribution in [2.45, 2.75) is 12.5 Å². The first-order valence-electron chi connectivity index (χ1n) is 12.5. The van der Waals surface area contributed by atoms with Crippen LogP contribution in [0.5, 0.6) is 0 Å². The summed E-state index contributed by atoms with van der Waals surface area (Å²) in [6.45, 7) is 2.11. The van der Waals surface area contributed by atoms with Gasteiger partial charge in [-0.15, -0.1) is 5.10 Å². The van der Waals surface area contributed by atoms with Crippen LogP contribution in [-0.4, -0.2) is 20.2 Å². The van der Waals surface area contributed by atoms with E-state index in [-0.39, 0.29) is 0 Å². The minimum absolute atomic E-state index is 0.694. The summed E-state index contributed by atoms with van der Waals surface area (Å²) < 4.78 is 3.00. The van der Waals surface area contributed by atoms with Gasteiger partial charge >= 0.3 is 0 Å². The number of hydrogen-bond acceptors (Lipinski definition) is 3. The molecule has 0 fully saturated rings. The van der Waals surface area contributed by atoms with Crippen molar-refractivity contribution in [1.82, 2.24) is 20.2 Å². The van der Waals surface area contributed by atoms with Crippen molar-refractivity contribution in [3.8, 4) is 22.5 Å². The molecule has 0 aliphatic rings. The lowest BCUT2D eigenvalue weighted by molar-refractivity contribution is 0.451. The van der Waals surface area contributed by atoms with Crippen LogP contribution in [0, 0.1) is 6.92 Å². The fourth-order valence-electron chi connectivity index (χ4n) is 5.31. The summed E-state index contributed by atoms with van der Waals surface area (Å²) in [6, 6.07) is 46.1. The first kappa shape index (κ1) is 24.0. The topological polar surface area (TPSA) is 43.6 Å². The van der Waals surface area contributed by atoms with Gasteiger partial charge in [0.15, 0.2) is 5.82 Å². The average Bonchev–Trinajstić information content (AvgIpc) is 3.47. The second kappa shape index (κ2) is 10.2. The van der Waals surface area contributed by atoms with Crippen LogP contribution in [0.1, 0.15) is 22.3 Å². The molecule has 5 aromatic carbocycles. The lowest BCUT2D eigenvalue weighted by Gasteiger charge is -2.36. The Morgan fingerprint density at radius 1 is 0.605 bits per heavy atom. The third kappa shape index (κ3) is 3.96. The molecule has 38 heavy (non-hydrogen) atoms. The Kier molecular flexibility index (Phi) is 6.44. The Morgan fingerprint density at radius 3 is 1.58 bits per heavy atom. The van der Waals surface area contributed by atoms with Crippen molar-refractivity contribution in [2.24, 2.45) is 0 Å². The molecule has 0 atom stereocenters. The Bertz CT molecular complexity index is 1570. The minimum Gasteiger partial charge on any atom is -0.205 e. The van der Waals surface area contributed by atoms with Crippen molar-refractivity contribution in [1.29, 1.82) is 0 Å². The standard InChI is InChI=1S/C33H25BrN4/c1-24-30(34)23-22-29(25-14-6-2-7-15-25)31(24)32-35-36-37-38(32)33(26-16-8-3-9-17-26,27-18-10-4-11-19-27)28-20-12-5-13-21-28/h2-23H,1H3. The van der Waals surface area contributed by atoms with E-state index in [1.54, 1.807) is 0 Å². The van der Waals surface area contributed by atoms with E-state index in [1.165, 1.54) is 0 Å². The van der Waals surface area contributed by atoms with Gasteiger partial charge in [-0.25, -0.2) is 4.68 Å². The normalized spacial score (nSPS) is 11.4. The van der Waals surface area contributed by atoms with Gasteiger partial charge in [0.25, 0.3) is 0 Å². The van der Waals surface area contributed by atoms with Crippen molar-refractivity contribution >= 4 is 15.9 Å². The van der Waals surface area contributed by atoms with E-state index < -0.39 is 5.54 Å². The summed E-state index contributed by atoms with van der Waals surface area (Å²) in [6.07, 6.45) is 0. The van der Waals surface area contributed by atoms with Crippen molar-refractivity contribution in [3.63, 3.8) is 0 Å². The van der Waals surface area contributed by atoms with E-state index >= 15 is 0 Å². The zero-order valence-corrected chi connectivity index (χ0v) is 22.5. The zero-order chi connectivity index (χ0) is 26.0. The molecule has 0 saturated carbocycles. The van der Waals surface area contributed by atoms with Crippen molar-refractivity contribution in [3.05, 3.63) is 160 Å². The van der Waals surface area contributed by atoms with Gasteiger partial charge in [0.1, 0.15) is 5.54 Å². The Balaban J connectivity index is 1.74. The van der Waals surface area contributed by atoms with Crippen LogP contribution < -0.4 is 0 Å². The number of halogens is 1. The van der Waals surface area contributed by atoms with E-state index in [2.05, 4.69) is 137 Å². The molecule has 1 aromatic heterocycles. The van der Waals surface area contributed by atoms with E-state index in [0.717, 1.165) is 43.4 Å². The summed E-state index contributed by atoms with van der Waals surface area (Å²) in [4.78, 5) is 0. The number of nitrogens with zero attached hydrogens (tertiary/aromatic N) is 4. The maximum absolute atomic E-state index is 4.74. The maximum atomic E-state index is 4.74. The Hall–Kier alpha value is -4.35. The van der Waals surface area contributed by atoms with Crippen LogP contribution in [0.3, 0.4) is 0 Å². The molecule has 0 spiro atoms. The SMILES string of the molecule is Cc1c(Br)ccc(-c2ccccc2)c1-c1nnnn1C(c1ccccc1)(c1ccccc1)c1ccccc1. The molecule has 4 nitrogen and oxygen atoms in total. The first-order chi connectivity index (χ1) is 18.7. The van der Waals surface area contributed by atoms with Crippen LogP contribution >= 0.6 is 15.9 Å². The van der Waals surface area contributed by atoms with E-state index in [1.807, 2.05) is 28.9 Å². The summed E-state index contributed by atoms with van der Waals surface area (Å²) in [5, 5.41) is 13.7. The van der Waals surface area contributed by atoms with Crippen LogP contribution in [0.25, 0.3) is 22.5 Å². The van der Waals surface area contributed by atoms with Gasteiger partial charge in [0.2, 0.25) is 0 Å². The highest BCUT2D eigenvalue weighted by atomic mass is 79.9. The summed E-state index contributed by atoms with van der Waals surface area (Å²) in [5.74, 6) is 0.694. The fourth-order valence-corrected chi connectivity index (χ4v) is 5.64. The number of hydrogen-bond donors (Lipinski definition) is 0. The molecule has 0 bridgehead atoms. The molecule has 0 amide bonds. The minimum atomic E-state index is -0.814. The second-order valence-electron chi connectivity index (χ2n) is 9.18. The molecule has 0 aliphatic carbocycles. The van der Waals surface area contributed by atoms with Crippen molar-refractivity contribution in [2.75, 3.05) is 0 Å². The molecule has 5 heteroatoms. The molecular weight excluding hydrogens is 532 g/mol. The number of tetrazole rings is 1. The average molecular weight is 557 g/mol. The molecular formula is C33H25BrN4. The quantitative estimate of drug-likeness (QED) is 0.196. The fraction of sp³-hybridized carbons (Fsp3) is 0.0606. The largest absolute Gasteiger partial charge is 0.205 e. The summed E-state index contributed by atoms with van der Waals surface area (Å²) in [5.41, 5.74) is 6.64. The highest BCUT2D eigenvalue weighted by Crippen LogP contribution is 2.44. The number of benzene rings is 5. The van der Waals surface area contributed by atoms with Gasteiger partial charge in [-0.05, 0) is 56.8 Å². The third-order valence-corrected chi connectivity index (χ3v) is 7.93. The predicted molar refractivity (Wildman–Crippen MR) is 156 cm³/mol. The monoisotopic (exact) mass is 556 g/mol. The van der Waals surface area contributed by atoms with Crippen molar-refractivity contribution < 1.29 is 0 Å². The van der Waals surface area contributed by atoms with Gasteiger partial charge in [-0.2, -0.15) is 0 Å². The van der Waals surface area contributed by atoms with Crippen LogP contribution in [0.2, 0.25) is 0 Å². The molecule has 0 aliphatic heterocycles. The maximum Gasteiger partial charge on any atom is 0.184 e. The van der Waals surface area contributed by atoms with Gasteiger partial charge in [0.05, 0.1) is 0 Å². The van der Waals surface area contributed by atoms with E-state index in [0.29, 0.717) is 5.82 Å². The molecule has 1 heterocycles. The molecule has 0 saturated heterocycles. The van der Waals surface area contributed by atoms with Gasteiger partial charge < -0.3 is 0 Å². The van der Waals surface area contributed by atoms with Gasteiger partial charge in [0, 0.05) is 10.0 Å². The first-order valence-corrected chi connectivity index (χ1v) is 13.3. The molecule has 0 N–H and O–H groups in total. The lowest BCUT2D eigenvalue weighted by Crippen LogP contribution is -2.39. The molecule has 0 radical (unpaired) electrons. The third-order valence-electron chi connectivity index (χ3n) is 7.07. The smallest absolute Gasteiger partial charge is 0.184 e. The van der Waals surface area contributed by atoms with E-state index in [4.69, 9.17) is 10.3 Å². The Morgan fingerprint density at radius 2 is 1.08 bits per heavy atom. The molecule has 6 rings (SSSR count). The summed E-state index contributed by atoms with van der Waals surface area (Å²) in [7, 11) is 0. The van der Waals surface area contributed by atoms with Crippen LogP contribution in [0.4, 0.5) is 0 Å². The molecule has 6 aromatic rings. The highest BCUT2D eigenvalue weighted by Gasteiger charge is 2.42. The van der Waals surface area contributed by atoms with Crippen LogP contribution in [-0.2, 0) is 5.54 Å². The predicted octanol–water partition coefficient (Wildman–Crippen LogP) is 7.92. The van der Waals surface area contributed by atoms with Gasteiger partial charge in [-0.3, -0.25) is 0 Å². The zero-order valence-electron chi connectivity index (χ0n) is 20.9. The second-order valence-corrected chi connectivity index (χ2v) is 10.0. The number of rotatable bonds is 6. The van der Waals surface area contributed by atoms with E-state index in [9.17, 15) is 0 Å². The summed E-state index contributed by atoms with van der Waals surface area (Å²) >= 11 is 3.77.